The number of benzene rings is 1. The summed E-state index contributed by atoms with van der Waals surface area (Å²) in [5.41, 5.74) is 1.10. The van der Waals surface area contributed by atoms with Crippen molar-refractivity contribution in [1.29, 1.82) is 0 Å². The van der Waals surface area contributed by atoms with Crippen LogP contribution in [0.4, 0.5) is 10.5 Å². The fraction of sp³-hybridized carbons (Fsp3) is 0.625. The highest BCUT2D eigenvalue weighted by molar-refractivity contribution is 5.92. The highest BCUT2D eigenvalue weighted by Gasteiger charge is 2.37. The lowest BCUT2D eigenvalue weighted by Crippen LogP contribution is -2.61. The smallest absolute Gasteiger partial charge is 0.318 e. The topological polar surface area (TPSA) is 94.2 Å². The molecule has 0 radical (unpaired) electrons. The van der Waals surface area contributed by atoms with Gasteiger partial charge in [0.1, 0.15) is 11.8 Å². The molecule has 33 heavy (non-hydrogen) atoms. The molecule has 1 aliphatic carbocycles. The first-order chi connectivity index (χ1) is 16.0. The molecule has 9 heteroatoms. The Morgan fingerprint density at radius 1 is 1.03 bits per heavy atom. The zero-order chi connectivity index (χ0) is 23.2. The number of anilines is 1. The van der Waals surface area contributed by atoms with Crippen LogP contribution < -0.4 is 20.3 Å². The maximum absolute atomic E-state index is 13.0. The van der Waals surface area contributed by atoms with Gasteiger partial charge in [0.25, 0.3) is 0 Å². The van der Waals surface area contributed by atoms with Crippen LogP contribution in [0.2, 0.25) is 0 Å². The zero-order valence-corrected chi connectivity index (χ0v) is 19.4. The fourth-order valence-corrected chi connectivity index (χ4v) is 4.97. The Morgan fingerprint density at radius 2 is 1.73 bits per heavy atom. The number of hydrogen-bond donors (Lipinski definition) is 2. The standard InChI is InChI=1S/C24H35N5O4/c1-33-20-9-7-19(8-10-20)27-13-15-28(16-14-27)22(30)17-21-23(31)25-11-12-29(21)24(32)26-18-5-3-2-4-6-18/h7-10,18,21H,2-6,11-17H2,1H3,(H,25,31)(H,26,32). The Bertz CT molecular complexity index is 832. The Balaban J connectivity index is 1.31. The van der Waals surface area contributed by atoms with Gasteiger partial charge in [0.15, 0.2) is 0 Å². The molecular weight excluding hydrogens is 422 g/mol. The van der Waals surface area contributed by atoms with Crippen molar-refractivity contribution in [1.82, 2.24) is 20.4 Å². The van der Waals surface area contributed by atoms with E-state index in [4.69, 9.17) is 4.74 Å². The Kier molecular flexibility index (Phi) is 7.57. The van der Waals surface area contributed by atoms with Gasteiger partial charge in [-0.05, 0) is 37.1 Å². The molecule has 180 valence electrons. The minimum Gasteiger partial charge on any atom is -0.497 e. The highest BCUT2D eigenvalue weighted by atomic mass is 16.5. The molecule has 1 atom stereocenters. The molecule has 4 amide bonds. The van der Waals surface area contributed by atoms with Crippen LogP contribution in [0.5, 0.6) is 5.75 Å². The Hall–Kier alpha value is -2.97. The molecule has 1 unspecified atom stereocenters. The third kappa shape index (κ3) is 5.69. The summed E-state index contributed by atoms with van der Waals surface area (Å²) >= 11 is 0. The Morgan fingerprint density at radius 3 is 2.39 bits per heavy atom. The van der Waals surface area contributed by atoms with Crippen molar-refractivity contribution in [2.75, 3.05) is 51.3 Å². The number of nitrogens with one attached hydrogen (secondary N) is 2. The number of piperazine rings is 2. The fourth-order valence-electron chi connectivity index (χ4n) is 4.97. The van der Waals surface area contributed by atoms with Gasteiger partial charge >= 0.3 is 6.03 Å². The number of amides is 4. The Labute approximate surface area is 195 Å². The number of methoxy groups -OCH3 is 1. The summed E-state index contributed by atoms with van der Waals surface area (Å²) in [6.45, 7) is 3.47. The van der Waals surface area contributed by atoms with E-state index in [2.05, 4.69) is 15.5 Å². The second-order valence-electron chi connectivity index (χ2n) is 9.05. The lowest BCUT2D eigenvalue weighted by Gasteiger charge is -2.39. The van der Waals surface area contributed by atoms with Gasteiger partial charge in [-0.15, -0.1) is 0 Å². The third-order valence-corrected chi connectivity index (χ3v) is 6.96. The lowest BCUT2D eigenvalue weighted by atomic mass is 9.95. The molecule has 2 aliphatic heterocycles. The van der Waals surface area contributed by atoms with Crippen LogP contribution in [0.3, 0.4) is 0 Å². The van der Waals surface area contributed by atoms with Crippen molar-refractivity contribution in [2.45, 2.75) is 50.6 Å². The van der Waals surface area contributed by atoms with Crippen LogP contribution in [-0.4, -0.2) is 86.1 Å². The number of nitrogens with zero attached hydrogens (tertiary/aromatic N) is 3. The van der Waals surface area contributed by atoms with Crippen molar-refractivity contribution in [3.8, 4) is 5.75 Å². The third-order valence-electron chi connectivity index (χ3n) is 6.96. The molecule has 1 aromatic rings. The molecule has 9 nitrogen and oxygen atoms in total. The molecule has 3 fully saturated rings. The van der Waals surface area contributed by atoms with Gasteiger partial charge in [-0.25, -0.2) is 4.79 Å². The summed E-state index contributed by atoms with van der Waals surface area (Å²) < 4.78 is 5.22. The van der Waals surface area contributed by atoms with E-state index >= 15 is 0 Å². The summed E-state index contributed by atoms with van der Waals surface area (Å²) in [6, 6.07) is 7.09. The number of carbonyl (C=O) groups is 3. The molecule has 4 rings (SSSR count). The van der Waals surface area contributed by atoms with Crippen LogP contribution in [0.15, 0.2) is 24.3 Å². The van der Waals surface area contributed by atoms with Crippen LogP contribution in [0, 0.1) is 0 Å². The van der Waals surface area contributed by atoms with Gasteiger partial charge in [0, 0.05) is 51.0 Å². The highest BCUT2D eigenvalue weighted by Crippen LogP contribution is 2.22. The molecule has 2 N–H and O–H groups in total. The summed E-state index contributed by atoms with van der Waals surface area (Å²) in [4.78, 5) is 44.2. The number of rotatable bonds is 5. The summed E-state index contributed by atoms with van der Waals surface area (Å²) in [7, 11) is 1.65. The quantitative estimate of drug-likeness (QED) is 0.700. The van der Waals surface area contributed by atoms with E-state index in [1.807, 2.05) is 24.3 Å². The summed E-state index contributed by atoms with van der Waals surface area (Å²) in [5, 5.41) is 5.91. The van der Waals surface area contributed by atoms with Crippen molar-refractivity contribution < 1.29 is 19.1 Å². The van der Waals surface area contributed by atoms with Crippen molar-refractivity contribution >= 4 is 23.5 Å². The van der Waals surface area contributed by atoms with E-state index in [1.165, 1.54) is 6.42 Å². The van der Waals surface area contributed by atoms with Gasteiger partial charge in [-0.3, -0.25) is 9.59 Å². The molecule has 2 saturated heterocycles. The number of carbonyl (C=O) groups excluding carboxylic acids is 3. The number of urea groups is 1. The summed E-state index contributed by atoms with van der Waals surface area (Å²) in [5.74, 6) is 0.488. The van der Waals surface area contributed by atoms with Crippen molar-refractivity contribution in [2.24, 2.45) is 0 Å². The van der Waals surface area contributed by atoms with Gasteiger partial charge in [-0.1, -0.05) is 19.3 Å². The first-order valence-corrected chi connectivity index (χ1v) is 12.1. The van der Waals surface area contributed by atoms with Crippen LogP contribution in [-0.2, 0) is 9.59 Å². The monoisotopic (exact) mass is 457 g/mol. The van der Waals surface area contributed by atoms with Crippen LogP contribution in [0.25, 0.3) is 0 Å². The van der Waals surface area contributed by atoms with Gasteiger partial charge in [-0.2, -0.15) is 0 Å². The second-order valence-corrected chi connectivity index (χ2v) is 9.05. The molecule has 1 saturated carbocycles. The van der Waals surface area contributed by atoms with Crippen LogP contribution in [0.1, 0.15) is 38.5 Å². The first-order valence-electron chi connectivity index (χ1n) is 12.1. The molecular formula is C24H35N5O4. The largest absolute Gasteiger partial charge is 0.497 e. The van der Waals surface area contributed by atoms with E-state index in [-0.39, 0.29) is 30.3 Å². The van der Waals surface area contributed by atoms with Gasteiger partial charge in [0.05, 0.1) is 13.5 Å². The van der Waals surface area contributed by atoms with E-state index in [9.17, 15) is 14.4 Å². The minimum atomic E-state index is -0.755. The average Bonchev–Trinajstić information content (AvgIpc) is 2.86. The normalized spacial score (nSPS) is 22.0. The maximum atomic E-state index is 13.0. The zero-order valence-electron chi connectivity index (χ0n) is 19.4. The van der Waals surface area contributed by atoms with Gasteiger partial charge in [0.2, 0.25) is 11.8 Å². The second kappa shape index (κ2) is 10.8. The van der Waals surface area contributed by atoms with Gasteiger partial charge < -0.3 is 30.1 Å². The molecule has 2 heterocycles. The SMILES string of the molecule is COc1ccc(N2CCN(C(=O)CC3C(=O)NCCN3C(=O)NC3CCCCC3)CC2)cc1. The van der Waals surface area contributed by atoms with Crippen LogP contribution >= 0.6 is 0 Å². The number of ether oxygens (including phenoxy) is 1. The van der Waals surface area contributed by atoms with E-state index in [1.54, 1.807) is 16.9 Å². The molecule has 0 aromatic heterocycles. The predicted octanol–water partition coefficient (Wildman–Crippen LogP) is 1.58. The summed E-state index contributed by atoms with van der Waals surface area (Å²) in [6.07, 6.45) is 5.43. The lowest BCUT2D eigenvalue weighted by molar-refractivity contribution is -0.137. The van der Waals surface area contributed by atoms with E-state index in [0.29, 0.717) is 26.2 Å². The average molecular weight is 458 g/mol. The van der Waals surface area contributed by atoms with E-state index < -0.39 is 6.04 Å². The minimum absolute atomic E-state index is 0.0203. The number of hydrogen-bond acceptors (Lipinski definition) is 5. The van der Waals surface area contributed by atoms with Crippen molar-refractivity contribution in [3.63, 3.8) is 0 Å². The molecule has 0 bridgehead atoms. The van der Waals surface area contributed by atoms with Crippen molar-refractivity contribution in [3.05, 3.63) is 24.3 Å². The first kappa shape index (κ1) is 23.2. The molecule has 1 aromatic carbocycles. The maximum Gasteiger partial charge on any atom is 0.318 e. The predicted molar refractivity (Wildman–Crippen MR) is 125 cm³/mol. The van der Waals surface area contributed by atoms with E-state index in [0.717, 1.165) is 50.2 Å². The molecule has 0 spiro atoms. The molecule has 3 aliphatic rings.